The zero-order valence-electron chi connectivity index (χ0n) is 62.1. The minimum absolute atomic E-state index is 0.0148. The molecule has 0 N–H and O–H groups in total. The summed E-state index contributed by atoms with van der Waals surface area (Å²) in [6.45, 7) is -3.43. The first-order valence-electron chi connectivity index (χ1n) is 38.1. The van der Waals surface area contributed by atoms with Gasteiger partial charge in [0.15, 0.2) is 0 Å². The second-order valence-corrected chi connectivity index (χ2v) is 32.0. The summed E-state index contributed by atoms with van der Waals surface area (Å²) in [7, 11) is 0. The molecule has 15 aromatic carbocycles. The zero-order valence-corrected chi connectivity index (χ0v) is 63.7. The van der Waals surface area contributed by atoms with Gasteiger partial charge in [-0.15, -0.1) is 22.7 Å². The van der Waals surface area contributed by atoms with Gasteiger partial charge in [-0.3, -0.25) is 9.80 Å². The van der Waals surface area contributed by atoms with E-state index in [1.54, 1.807) is 84.9 Å². The van der Waals surface area contributed by atoms with Crippen LogP contribution in [0.2, 0.25) is 0 Å². The third-order valence-corrected chi connectivity index (χ3v) is 25.5. The lowest BCUT2D eigenvalue weighted by Gasteiger charge is -2.46. The third kappa shape index (κ3) is 10.8. The molecule has 0 spiro atoms. The second-order valence-electron chi connectivity index (χ2n) is 29.9. The molecule has 8 heterocycles. The number of rotatable bonds is 11. The van der Waals surface area contributed by atoms with Gasteiger partial charge < -0.3 is 33.6 Å². The van der Waals surface area contributed by atoms with Crippen LogP contribution in [0.3, 0.4) is 0 Å². The summed E-state index contributed by atoms with van der Waals surface area (Å²) in [5.74, 6) is -15.8. The Morgan fingerprint density at radius 2 is 0.566 bits per heavy atom. The predicted molar refractivity (Wildman–Crippen MR) is 450 cm³/mol. The number of halogens is 14. The van der Waals surface area contributed by atoms with Crippen LogP contribution in [0.25, 0.3) is 20.2 Å². The van der Waals surface area contributed by atoms with Crippen LogP contribution < -0.4 is 91.2 Å². The first-order valence-corrected chi connectivity index (χ1v) is 39.7. The molecule has 23 rings (SSSR count). The van der Waals surface area contributed by atoms with Crippen molar-refractivity contribution in [1.29, 1.82) is 0 Å². The molecule has 0 amide bonds. The molecule has 9 nitrogen and oxygen atoms in total. The van der Waals surface area contributed by atoms with Gasteiger partial charge in [-0.05, 0) is 173 Å². The Labute approximate surface area is 691 Å². The number of ether oxygens (including phenoxy) is 4. The number of para-hydroxylation sites is 8. The van der Waals surface area contributed by atoms with Gasteiger partial charge in [-0.2, -0.15) is 0 Å². The molecule has 0 aliphatic carbocycles. The Hall–Kier alpha value is -14.4. The summed E-state index contributed by atoms with van der Waals surface area (Å²) in [5.41, 5.74) is -2.34. The number of thiophene rings is 2. The zero-order chi connectivity index (χ0) is 82.8. The lowest BCUT2D eigenvalue weighted by atomic mass is 9.30. The third-order valence-electron chi connectivity index (χ3n) is 23.1. The maximum atomic E-state index is 18.2. The molecule has 0 unspecified atom stereocenters. The molecule has 0 saturated carbocycles. The van der Waals surface area contributed by atoms with Gasteiger partial charge in [0.2, 0.25) is 0 Å². The molecule has 28 heteroatoms. The predicted octanol–water partition coefficient (Wildman–Crippen LogP) is 22.0. The van der Waals surface area contributed by atoms with Crippen LogP contribution in [0.4, 0.5) is 147 Å². The molecule has 6 aliphatic heterocycles. The van der Waals surface area contributed by atoms with Crippen molar-refractivity contribution in [3.63, 3.8) is 0 Å². The van der Waals surface area contributed by atoms with Crippen molar-refractivity contribution < 1.29 is 80.4 Å². The normalized spacial score (nSPS) is 13.2. The first-order chi connectivity index (χ1) is 59.3. The maximum absolute atomic E-state index is 18.2. The Morgan fingerprint density at radius 1 is 0.246 bits per heavy atom. The van der Waals surface area contributed by atoms with Gasteiger partial charge in [0, 0.05) is 111 Å². The molecule has 0 fully saturated rings. The highest BCUT2D eigenvalue weighted by Gasteiger charge is 2.53. The van der Waals surface area contributed by atoms with Crippen LogP contribution in [0, 0.1) is 81.4 Å². The fraction of sp³-hybridized carbons (Fsp3) is 0. The van der Waals surface area contributed by atoms with Gasteiger partial charge >= 0.3 is 0 Å². The van der Waals surface area contributed by atoms with Crippen molar-refractivity contribution in [2.24, 2.45) is 0 Å². The highest BCUT2D eigenvalue weighted by Crippen LogP contribution is 2.56. The van der Waals surface area contributed by atoms with Crippen LogP contribution in [-0.4, -0.2) is 20.1 Å². The van der Waals surface area contributed by atoms with Crippen molar-refractivity contribution >= 4 is 196 Å². The van der Waals surface area contributed by atoms with Crippen molar-refractivity contribution in [3.8, 4) is 46.0 Å². The molecular formula is C94H44B3F14N5O4S2. The highest BCUT2D eigenvalue weighted by atomic mass is 32.1. The van der Waals surface area contributed by atoms with E-state index in [9.17, 15) is 0 Å². The van der Waals surface area contributed by atoms with Crippen LogP contribution in [0.5, 0.6) is 46.0 Å². The second kappa shape index (κ2) is 27.1. The molecule has 0 atom stereocenters. The molecular weight excluding hydrogens is 1630 g/mol. The van der Waals surface area contributed by atoms with E-state index in [-0.39, 0.29) is 124 Å². The van der Waals surface area contributed by atoms with E-state index in [0.717, 1.165) is 97.1 Å². The van der Waals surface area contributed by atoms with Crippen molar-refractivity contribution in [1.82, 2.24) is 0 Å². The molecule has 0 bridgehead atoms. The Morgan fingerprint density at radius 3 is 0.910 bits per heavy atom. The molecule has 17 aromatic rings. The Bertz CT molecular complexity index is 6830. The molecule has 2 aromatic heterocycles. The van der Waals surface area contributed by atoms with Gasteiger partial charge in [0.05, 0.1) is 17.1 Å². The first kappa shape index (κ1) is 72.8. The number of fused-ring (bicyclic) bond motifs is 16. The average Bonchev–Trinajstić information content (AvgIpc) is 1.66. The summed E-state index contributed by atoms with van der Waals surface area (Å²) >= 11 is 2.43. The molecule has 122 heavy (non-hydrogen) atoms. The minimum Gasteiger partial charge on any atom is -0.458 e. The number of nitrogens with zero attached hydrogens (tertiary/aromatic N) is 5. The van der Waals surface area contributed by atoms with Gasteiger partial charge in [0.1, 0.15) is 162 Å². The molecule has 0 saturated heterocycles. The quantitative estimate of drug-likeness (QED) is 0.0931. The minimum atomic E-state index is -1.27. The van der Waals surface area contributed by atoms with Gasteiger partial charge in [-0.1, -0.05) is 84.9 Å². The van der Waals surface area contributed by atoms with E-state index >= 15 is 61.5 Å². The summed E-state index contributed by atoms with van der Waals surface area (Å²) in [4.78, 5) is 5.95. The SMILES string of the molecule is Fc1ccc2sc3c(c2c1)Oc1cc(N(c2c(F)cccc2F)c2c(F)cccc2F)cc2c1B3c1cc3c(cc1O2)N(c1c(F)cccc1F)c1cc(N(c2ccccc2)c2ccccc2)cc2c1B3c1cc3c(cc1N2c1c(F)cccc1F)Oc1cc(N(c2c(F)cccc2F)c2c(F)cccc2F)cc2c1B3c1sc3ccc(F)cc3c1O2. The fourth-order valence-corrected chi connectivity index (χ4v) is 20.7. The highest BCUT2D eigenvalue weighted by molar-refractivity contribution is 7.33. The summed E-state index contributed by atoms with van der Waals surface area (Å²) in [6, 6.07) is 59.6. The van der Waals surface area contributed by atoms with E-state index < -0.39 is 136 Å². The van der Waals surface area contributed by atoms with E-state index in [1.165, 1.54) is 93.1 Å². The summed E-state index contributed by atoms with van der Waals surface area (Å²) in [6.07, 6.45) is 0. The monoisotopic (exact) mass is 1670 g/mol. The van der Waals surface area contributed by atoms with E-state index in [4.69, 9.17) is 18.9 Å². The van der Waals surface area contributed by atoms with Crippen LogP contribution in [0.15, 0.2) is 267 Å². The Kier molecular flexibility index (Phi) is 16.2. The average molecular weight is 1670 g/mol. The van der Waals surface area contributed by atoms with E-state index in [1.807, 2.05) is 29.2 Å². The van der Waals surface area contributed by atoms with Crippen molar-refractivity contribution in [2.45, 2.75) is 0 Å². The number of hydrogen-bond acceptors (Lipinski definition) is 11. The standard InChI is InChI=1S/C94H44B3F14N5O4S2/c98-45-29-31-80-52(33-45)91-93(121-80)96-56-41-54-70(43-74(56)117-76-37-50(39-78(119-91)83(76)96)113(85-58(100)17-7-18-59(85)101)86-60(102)19-8-20-61(86)103)115(89-66(108)25-11-26-67(89)109)72-35-49(112(47-13-3-1-4-14-47)48-15-5-2-6-16-48)36-73-82(72)95(54)55-42-57-75(44-71(55)116(73)90-68(110)27-12-28-69(90)111)118-77-38-51(114(87-62(104)21-9-22-63(87)105)88-64(106)23-10-24-65(88)107)40-79-84(77)97(57)94-92(120-79)53-34-46(99)30-32-81(53)122-94/h1-44H. The van der Waals surface area contributed by atoms with Crippen LogP contribution in [0.1, 0.15) is 0 Å². The number of anilines is 15. The van der Waals surface area contributed by atoms with Gasteiger partial charge in [0.25, 0.3) is 20.1 Å². The number of benzene rings is 15. The van der Waals surface area contributed by atoms with Crippen molar-refractivity contribution in [2.75, 3.05) is 24.5 Å². The maximum Gasteiger partial charge on any atom is 0.273 e. The lowest BCUT2D eigenvalue weighted by Crippen LogP contribution is -2.65. The molecule has 588 valence electrons. The lowest BCUT2D eigenvalue weighted by molar-refractivity contribution is 0.467. The van der Waals surface area contributed by atoms with Crippen molar-refractivity contribution in [3.05, 3.63) is 348 Å². The van der Waals surface area contributed by atoms with E-state index in [2.05, 4.69) is 0 Å². The molecule has 6 aliphatic rings. The van der Waals surface area contributed by atoms with E-state index in [0.29, 0.717) is 51.1 Å². The number of hydrogen-bond donors (Lipinski definition) is 0. The van der Waals surface area contributed by atoms with Gasteiger partial charge in [-0.25, -0.2) is 61.5 Å². The summed E-state index contributed by atoms with van der Waals surface area (Å²) < 4.78 is 268. The summed E-state index contributed by atoms with van der Waals surface area (Å²) in [5, 5.41) is 0.540. The Balaban J connectivity index is 0.835. The largest absolute Gasteiger partial charge is 0.458 e. The van der Waals surface area contributed by atoms with Crippen LogP contribution in [-0.2, 0) is 0 Å². The smallest absolute Gasteiger partial charge is 0.273 e. The topological polar surface area (TPSA) is 53.1 Å². The van der Waals surface area contributed by atoms with Crippen LogP contribution >= 0.6 is 22.7 Å². The fourth-order valence-electron chi connectivity index (χ4n) is 18.2. The molecule has 0 radical (unpaired) electrons.